The Hall–Kier alpha value is -3.42. The number of ether oxygens (including phenoxy) is 1. The molecule has 0 saturated heterocycles. The van der Waals surface area contributed by atoms with Gasteiger partial charge in [0.15, 0.2) is 5.78 Å². The number of carbonyl (C=O) groups is 4. The molecule has 0 fully saturated rings. The van der Waals surface area contributed by atoms with Crippen molar-refractivity contribution in [3.05, 3.63) is 53.4 Å². The minimum Gasteiger partial charge on any atom is -0.478 e. The molecule has 1 amide bonds. The Morgan fingerprint density at radius 3 is 2.62 bits per heavy atom. The summed E-state index contributed by atoms with van der Waals surface area (Å²) >= 11 is 0. The molecule has 0 saturated carbocycles. The Kier molecular flexibility index (Phi) is 7.70. The smallest absolute Gasteiger partial charge is 0.337 e. The maximum Gasteiger partial charge on any atom is 0.337 e. The zero-order valence-electron chi connectivity index (χ0n) is 16.4. The molecule has 1 aliphatic rings. The lowest BCUT2D eigenvalue weighted by molar-refractivity contribution is -0.145. The Morgan fingerprint density at radius 1 is 1.21 bits per heavy atom. The van der Waals surface area contributed by atoms with Crippen molar-refractivity contribution in [2.45, 2.75) is 33.1 Å². The molecule has 2 rings (SSSR count). The van der Waals surface area contributed by atoms with E-state index in [-0.39, 0.29) is 36.6 Å². The predicted octanol–water partition coefficient (Wildman–Crippen LogP) is 2.51. The van der Waals surface area contributed by atoms with Crippen molar-refractivity contribution in [1.29, 1.82) is 0 Å². The van der Waals surface area contributed by atoms with Gasteiger partial charge in [-0.05, 0) is 31.4 Å². The first-order valence-electron chi connectivity index (χ1n) is 9.32. The molecule has 0 radical (unpaired) electrons. The molecule has 1 aromatic rings. The Labute approximate surface area is 168 Å². The van der Waals surface area contributed by atoms with Crippen molar-refractivity contribution in [1.82, 2.24) is 4.90 Å². The molecule has 0 aliphatic carbocycles. The van der Waals surface area contributed by atoms with Crippen LogP contribution in [0.15, 0.2) is 42.2 Å². The molecule has 29 heavy (non-hydrogen) atoms. The number of para-hydroxylation sites is 1. The number of carboxylic acid groups (broad SMARTS) is 1. The largest absolute Gasteiger partial charge is 0.478 e. The van der Waals surface area contributed by atoms with Crippen LogP contribution in [0.5, 0.6) is 0 Å². The summed E-state index contributed by atoms with van der Waals surface area (Å²) in [5.41, 5.74) is 1.38. The fraction of sp³-hybridized carbons (Fsp3) is 0.333. The molecule has 0 spiro atoms. The van der Waals surface area contributed by atoms with Gasteiger partial charge in [0.2, 0.25) is 0 Å². The number of anilines is 1. The lowest BCUT2D eigenvalue weighted by Gasteiger charge is -2.21. The number of Topliss-reactive ketones (excluding diaryl/α,β-unsaturated/α-hetero) is 1. The van der Waals surface area contributed by atoms with Crippen LogP contribution in [0.25, 0.3) is 0 Å². The molecule has 0 unspecified atom stereocenters. The minimum atomic E-state index is -1.13. The van der Waals surface area contributed by atoms with Crippen molar-refractivity contribution >= 4 is 29.3 Å². The zero-order valence-corrected chi connectivity index (χ0v) is 16.4. The first-order chi connectivity index (χ1) is 13.8. The third-order valence-electron chi connectivity index (χ3n) is 4.25. The van der Waals surface area contributed by atoms with E-state index in [4.69, 9.17) is 4.74 Å². The first-order valence-corrected chi connectivity index (χ1v) is 9.32. The average Bonchev–Trinajstić information content (AvgIpc) is 2.68. The number of nitrogens with one attached hydrogen (secondary N) is 1. The summed E-state index contributed by atoms with van der Waals surface area (Å²) in [4.78, 5) is 49.1. The first kappa shape index (κ1) is 21.9. The molecule has 1 heterocycles. The number of benzene rings is 1. The molecule has 154 valence electrons. The fourth-order valence-electron chi connectivity index (χ4n) is 2.91. The van der Waals surface area contributed by atoms with E-state index >= 15 is 0 Å². The van der Waals surface area contributed by atoms with Crippen molar-refractivity contribution in [3.8, 4) is 0 Å². The summed E-state index contributed by atoms with van der Waals surface area (Å²) in [6.07, 6.45) is 5.46. The summed E-state index contributed by atoms with van der Waals surface area (Å²) in [6.45, 7) is 3.67. The van der Waals surface area contributed by atoms with Crippen LogP contribution in [-0.2, 0) is 25.5 Å². The van der Waals surface area contributed by atoms with E-state index in [1.807, 2.05) is 6.92 Å². The summed E-state index contributed by atoms with van der Waals surface area (Å²) in [6, 6.07) is 4.83. The number of aryl methyl sites for hydroxylation is 1. The average molecular weight is 400 g/mol. The molecular formula is C21H24N2O6. The predicted molar refractivity (Wildman–Crippen MR) is 106 cm³/mol. The van der Waals surface area contributed by atoms with E-state index in [2.05, 4.69) is 5.32 Å². The number of aromatic carboxylic acids is 1. The van der Waals surface area contributed by atoms with Gasteiger partial charge in [-0.25, -0.2) is 4.79 Å². The highest BCUT2D eigenvalue weighted by atomic mass is 16.5. The molecular weight excluding hydrogens is 376 g/mol. The van der Waals surface area contributed by atoms with Crippen LogP contribution in [0.4, 0.5) is 5.69 Å². The number of hydrogen-bond donors (Lipinski definition) is 2. The monoisotopic (exact) mass is 400 g/mol. The van der Waals surface area contributed by atoms with Gasteiger partial charge in [0, 0.05) is 18.0 Å². The molecule has 8 heteroatoms. The van der Waals surface area contributed by atoms with Gasteiger partial charge < -0.3 is 20.1 Å². The van der Waals surface area contributed by atoms with Crippen LogP contribution >= 0.6 is 0 Å². The van der Waals surface area contributed by atoms with E-state index in [1.165, 1.54) is 17.2 Å². The van der Waals surface area contributed by atoms with Crippen molar-refractivity contribution in [2.24, 2.45) is 0 Å². The van der Waals surface area contributed by atoms with Gasteiger partial charge >= 0.3 is 11.9 Å². The van der Waals surface area contributed by atoms with Crippen molar-refractivity contribution in [3.63, 3.8) is 0 Å². The summed E-state index contributed by atoms with van der Waals surface area (Å²) in [5.74, 6) is -2.49. The number of rotatable bonds is 9. The van der Waals surface area contributed by atoms with Crippen LogP contribution in [0, 0.1) is 0 Å². The van der Waals surface area contributed by atoms with Gasteiger partial charge in [0.05, 0.1) is 24.4 Å². The summed E-state index contributed by atoms with van der Waals surface area (Å²) < 4.78 is 4.76. The van der Waals surface area contributed by atoms with Gasteiger partial charge in [-0.3, -0.25) is 14.4 Å². The minimum absolute atomic E-state index is 0.0196. The number of nitrogens with zero attached hydrogens (tertiary/aromatic N) is 1. The van der Waals surface area contributed by atoms with Crippen molar-refractivity contribution < 1.29 is 29.0 Å². The highest BCUT2D eigenvalue weighted by molar-refractivity contribution is 6.08. The van der Waals surface area contributed by atoms with Crippen LogP contribution in [0.1, 0.15) is 42.6 Å². The number of carbonyl (C=O) groups excluding carboxylic acids is 3. The third-order valence-corrected chi connectivity index (χ3v) is 4.25. The lowest BCUT2D eigenvalue weighted by atomic mass is 10.0. The van der Waals surface area contributed by atoms with Gasteiger partial charge in [-0.2, -0.15) is 0 Å². The molecule has 0 aromatic heterocycles. The number of carboxylic acids is 1. The van der Waals surface area contributed by atoms with E-state index in [9.17, 15) is 24.3 Å². The second kappa shape index (κ2) is 10.2. The van der Waals surface area contributed by atoms with E-state index < -0.39 is 17.8 Å². The van der Waals surface area contributed by atoms with E-state index in [0.29, 0.717) is 24.0 Å². The Bertz CT molecular complexity index is 872. The maximum absolute atomic E-state index is 12.7. The SMILES string of the molecule is CCOC(=O)CC(=O)CN1C=CCC(C(=O)Nc2c(CC)cccc2C(=O)O)=C1. The van der Waals surface area contributed by atoms with Crippen molar-refractivity contribution in [2.75, 3.05) is 18.5 Å². The highest BCUT2D eigenvalue weighted by Gasteiger charge is 2.20. The van der Waals surface area contributed by atoms with Gasteiger partial charge in [-0.15, -0.1) is 0 Å². The van der Waals surface area contributed by atoms with E-state index in [1.54, 1.807) is 31.3 Å². The highest BCUT2D eigenvalue weighted by Crippen LogP contribution is 2.24. The third kappa shape index (κ3) is 6.03. The topological polar surface area (TPSA) is 113 Å². The van der Waals surface area contributed by atoms with Crippen LogP contribution in [0.3, 0.4) is 0 Å². The fourth-order valence-corrected chi connectivity index (χ4v) is 2.91. The normalized spacial score (nSPS) is 12.9. The van der Waals surface area contributed by atoms with Gasteiger partial charge in [0.1, 0.15) is 6.42 Å². The number of allylic oxidation sites excluding steroid dienone is 1. The molecule has 0 bridgehead atoms. The quantitative estimate of drug-likeness (QED) is 0.484. The Balaban J connectivity index is 2.11. The number of hydrogen-bond acceptors (Lipinski definition) is 6. The standard InChI is InChI=1S/C21H24N2O6/c1-3-14-7-5-9-17(21(27)28)19(14)22-20(26)15-8-6-10-23(12-15)13-16(24)11-18(25)29-4-2/h5-7,9-10,12H,3-4,8,11,13H2,1-2H3,(H,22,26)(H,27,28). The van der Waals surface area contributed by atoms with Crippen LogP contribution < -0.4 is 5.32 Å². The number of esters is 1. The second-order valence-corrected chi connectivity index (χ2v) is 6.39. The molecule has 1 aromatic carbocycles. The summed E-state index contributed by atoms with van der Waals surface area (Å²) in [5, 5.41) is 12.1. The molecule has 0 atom stereocenters. The second-order valence-electron chi connectivity index (χ2n) is 6.39. The number of ketones is 1. The van der Waals surface area contributed by atoms with Crippen LogP contribution in [-0.4, -0.2) is 46.8 Å². The Morgan fingerprint density at radius 2 is 1.97 bits per heavy atom. The summed E-state index contributed by atoms with van der Waals surface area (Å²) in [7, 11) is 0. The zero-order chi connectivity index (χ0) is 21.4. The molecule has 1 aliphatic heterocycles. The lowest BCUT2D eigenvalue weighted by Crippen LogP contribution is -2.27. The van der Waals surface area contributed by atoms with Gasteiger partial charge in [-0.1, -0.05) is 25.1 Å². The number of amides is 1. The maximum atomic E-state index is 12.7. The molecule has 8 nitrogen and oxygen atoms in total. The molecule has 2 N–H and O–H groups in total. The van der Waals surface area contributed by atoms with E-state index in [0.717, 1.165) is 0 Å². The van der Waals surface area contributed by atoms with Crippen LogP contribution in [0.2, 0.25) is 0 Å². The van der Waals surface area contributed by atoms with Gasteiger partial charge in [0.25, 0.3) is 5.91 Å².